The third kappa shape index (κ3) is 5.46. The Balaban J connectivity index is 2.59. The molecule has 0 fully saturated rings. The van der Waals surface area contributed by atoms with Crippen molar-refractivity contribution in [3.8, 4) is 0 Å². The highest BCUT2D eigenvalue weighted by Gasteiger charge is 2.21. The molecule has 0 radical (unpaired) electrons. The molecular weight excluding hydrogens is 267 g/mol. The van der Waals surface area contributed by atoms with E-state index >= 15 is 0 Å². The van der Waals surface area contributed by atoms with E-state index in [0.29, 0.717) is 0 Å². The molecule has 1 amide bonds. The van der Waals surface area contributed by atoms with Gasteiger partial charge in [-0.1, -0.05) is 32.4 Å². The first kappa shape index (κ1) is 17.6. The summed E-state index contributed by atoms with van der Waals surface area (Å²) in [5.74, 6) is -0.243. The molecule has 0 aliphatic heterocycles. The highest BCUT2D eigenvalue weighted by Crippen LogP contribution is 2.13. The van der Waals surface area contributed by atoms with E-state index in [9.17, 15) is 9.18 Å². The standard InChI is InChI=1S/C17H27FN2O/c1-5-7-12-20(6-2)14(4)17(21)19-13(3)15-8-10-16(18)11-9-15/h8-11,13-14H,5-7,12H2,1-4H3,(H,19,21). The van der Waals surface area contributed by atoms with Gasteiger partial charge in [0.2, 0.25) is 5.91 Å². The van der Waals surface area contributed by atoms with Gasteiger partial charge in [-0.25, -0.2) is 4.39 Å². The molecule has 3 nitrogen and oxygen atoms in total. The van der Waals surface area contributed by atoms with Crippen LogP contribution in [-0.2, 0) is 4.79 Å². The molecule has 0 aliphatic rings. The van der Waals surface area contributed by atoms with Crippen LogP contribution in [0.3, 0.4) is 0 Å². The molecule has 0 aromatic heterocycles. The van der Waals surface area contributed by atoms with Gasteiger partial charge in [0.05, 0.1) is 12.1 Å². The first-order chi connectivity index (χ1) is 9.99. The van der Waals surface area contributed by atoms with Crippen LogP contribution in [0, 0.1) is 5.82 Å². The molecule has 1 aromatic rings. The van der Waals surface area contributed by atoms with Crippen LogP contribution in [0.2, 0.25) is 0 Å². The van der Waals surface area contributed by atoms with Crippen molar-refractivity contribution in [1.82, 2.24) is 10.2 Å². The maximum Gasteiger partial charge on any atom is 0.237 e. The number of nitrogens with zero attached hydrogens (tertiary/aromatic N) is 1. The summed E-state index contributed by atoms with van der Waals surface area (Å²) in [7, 11) is 0. The average molecular weight is 294 g/mol. The summed E-state index contributed by atoms with van der Waals surface area (Å²) in [6, 6.07) is 5.98. The SMILES string of the molecule is CCCCN(CC)C(C)C(=O)NC(C)c1ccc(F)cc1. The Bertz CT molecular complexity index is 433. The van der Waals surface area contributed by atoms with Crippen molar-refractivity contribution in [2.45, 2.75) is 52.6 Å². The number of rotatable bonds is 8. The summed E-state index contributed by atoms with van der Waals surface area (Å²) in [5.41, 5.74) is 0.911. The Morgan fingerprint density at radius 3 is 2.38 bits per heavy atom. The van der Waals surface area contributed by atoms with Crippen molar-refractivity contribution in [2.75, 3.05) is 13.1 Å². The van der Waals surface area contributed by atoms with Crippen LogP contribution in [0.5, 0.6) is 0 Å². The number of likely N-dealkylation sites (N-methyl/N-ethyl adjacent to an activating group) is 1. The summed E-state index contributed by atoms with van der Waals surface area (Å²) in [6.07, 6.45) is 2.22. The Morgan fingerprint density at radius 2 is 1.86 bits per heavy atom. The maximum atomic E-state index is 12.9. The molecular formula is C17H27FN2O. The molecule has 0 heterocycles. The van der Waals surface area contributed by atoms with Crippen LogP contribution in [-0.4, -0.2) is 29.9 Å². The Labute approximate surface area is 127 Å². The third-order valence-electron chi connectivity index (χ3n) is 3.86. The topological polar surface area (TPSA) is 32.3 Å². The van der Waals surface area contributed by atoms with Crippen molar-refractivity contribution in [3.63, 3.8) is 0 Å². The normalized spacial score (nSPS) is 14.0. The van der Waals surface area contributed by atoms with E-state index < -0.39 is 0 Å². The second kappa shape index (κ2) is 8.78. The van der Waals surface area contributed by atoms with Gasteiger partial charge >= 0.3 is 0 Å². The van der Waals surface area contributed by atoms with Crippen LogP contribution in [0.4, 0.5) is 4.39 Å². The first-order valence-electron chi connectivity index (χ1n) is 7.79. The van der Waals surface area contributed by atoms with Gasteiger partial charge in [-0.3, -0.25) is 9.69 Å². The van der Waals surface area contributed by atoms with Gasteiger partial charge in [-0.15, -0.1) is 0 Å². The maximum absolute atomic E-state index is 12.9. The van der Waals surface area contributed by atoms with Gasteiger partial charge in [0.25, 0.3) is 0 Å². The Kier molecular flexibility index (Phi) is 7.37. The lowest BCUT2D eigenvalue weighted by Crippen LogP contribution is -2.46. The van der Waals surface area contributed by atoms with Gasteiger partial charge < -0.3 is 5.32 Å². The second-order valence-corrected chi connectivity index (χ2v) is 5.44. The molecule has 1 aromatic carbocycles. The number of carbonyl (C=O) groups excluding carboxylic acids is 1. The minimum atomic E-state index is -0.262. The lowest BCUT2D eigenvalue weighted by atomic mass is 10.1. The van der Waals surface area contributed by atoms with Gasteiger partial charge in [-0.2, -0.15) is 0 Å². The molecule has 21 heavy (non-hydrogen) atoms. The minimum Gasteiger partial charge on any atom is -0.348 e. The number of unbranched alkanes of at least 4 members (excludes halogenated alkanes) is 1. The molecule has 2 atom stereocenters. The number of benzene rings is 1. The van der Waals surface area contributed by atoms with E-state index in [1.165, 1.54) is 12.1 Å². The molecule has 0 aliphatic carbocycles. The molecule has 2 unspecified atom stereocenters. The van der Waals surface area contributed by atoms with Crippen LogP contribution >= 0.6 is 0 Å². The number of nitrogens with one attached hydrogen (secondary N) is 1. The summed E-state index contributed by atoms with van der Waals surface area (Å²) in [4.78, 5) is 14.5. The number of halogens is 1. The van der Waals surface area contributed by atoms with E-state index in [2.05, 4.69) is 24.1 Å². The Hall–Kier alpha value is -1.42. The highest BCUT2D eigenvalue weighted by molar-refractivity contribution is 5.81. The molecule has 0 saturated carbocycles. The predicted octanol–water partition coefficient (Wildman–Crippen LogP) is 3.51. The van der Waals surface area contributed by atoms with Gasteiger partial charge in [-0.05, 0) is 51.1 Å². The fraction of sp³-hybridized carbons (Fsp3) is 0.588. The lowest BCUT2D eigenvalue weighted by Gasteiger charge is -2.28. The van der Waals surface area contributed by atoms with Crippen LogP contribution in [0.15, 0.2) is 24.3 Å². The third-order valence-corrected chi connectivity index (χ3v) is 3.86. The smallest absolute Gasteiger partial charge is 0.237 e. The van der Waals surface area contributed by atoms with Crippen molar-refractivity contribution in [1.29, 1.82) is 0 Å². The summed E-state index contributed by atoms with van der Waals surface area (Å²) in [5, 5.41) is 3.00. The number of carbonyl (C=O) groups is 1. The van der Waals surface area contributed by atoms with E-state index in [1.54, 1.807) is 12.1 Å². The molecule has 0 bridgehead atoms. The highest BCUT2D eigenvalue weighted by atomic mass is 19.1. The number of hydrogen-bond acceptors (Lipinski definition) is 2. The second-order valence-electron chi connectivity index (χ2n) is 5.44. The fourth-order valence-corrected chi connectivity index (χ4v) is 2.32. The fourth-order valence-electron chi connectivity index (χ4n) is 2.32. The van der Waals surface area contributed by atoms with Crippen LogP contribution < -0.4 is 5.32 Å². The number of amides is 1. The molecule has 118 valence electrons. The van der Waals surface area contributed by atoms with Crippen molar-refractivity contribution in [2.24, 2.45) is 0 Å². The van der Waals surface area contributed by atoms with Crippen LogP contribution in [0.25, 0.3) is 0 Å². The van der Waals surface area contributed by atoms with E-state index in [-0.39, 0.29) is 23.8 Å². The van der Waals surface area contributed by atoms with Gasteiger partial charge in [0, 0.05) is 0 Å². The van der Waals surface area contributed by atoms with E-state index in [4.69, 9.17) is 0 Å². The van der Waals surface area contributed by atoms with Crippen molar-refractivity contribution >= 4 is 5.91 Å². The molecule has 0 saturated heterocycles. The predicted molar refractivity (Wildman–Crippen MR) is 84.6 cm³/mol. The molecule has 1 N–H and O–H groups in total. The zero-order valence-electron chi connectivity index (χ0n) is 13.5. The van der Waals surface area contributed by atoms with E-state index in [0.717, 1.165) is 31.5 Å². The minimum absolute atomic E-state index is 0.0183. The quantitative estimate of drug-likeness (QED) is 0.795. The van der Waals surface area contributed by atoms with Crippen molar-refractivity contribution in [3.05, 3.63) is 35.6 Å². The molecule has 4 heteroatoms. The largest absolute Gasteiger partial charge is 0.348 e. The lowest BCUT2D eigenvalue weighted by molar-refractivity contribution is -0.126. The summed E-state index contributed by atoms with van der Waals surface area (Å²) in [6.45, 7) is 9.87. The van der Waals surface area contributed by atoms with Crippen LogP contribution in [0.1, 0.15) is 52.1 Å². The zero-order chi connectivity index (χ0) is 15.8. The van der Waals surface area contributed by atoms with Gasteiger partial charge in [0.1, 0.15) is 5.82 Å². The number of hydrogen-bond donors (Lipinski definition) is 1. The van der Waals surface area contributed by atoms with Gasteiger partial charge in [0.15, 0.2) is 0 Å². The molecule has 1 rings (SSSR count). The summed E-state index contributed by atoms with van der Waals surface area (Å²) >= 11 is 0. The first-order valence-corrected chi connectivity index (χ1v) is 7.79. The molecule has 0 spiro atoms. The average Bonchev–Trinajstić information content (AvgIpc) is 2.48. The monoisotopic (exact) mass is 294 g/mol. The summed E-state index contributed by atoms with van der Waals surface area (Å²) < 4.78 is 12.9. The van der Waals surface area contributed by atoms with E-state index in [1.807, 2.05) is 13.8 Å². The zero-order valence-corrected chi connectivity index (χ0v) is 13.5. The van der Waals surface area contributed by atoms with Crippen molar-refractivity contribution < 1.29 is 9.18 Å². The Morgan fingerprint density at radius 1 is 1.24 bits per heavy atom.